The van der Waals surface area contributed by atoms with E-state index in [-0.39, 0.29) is 5.82 Å². The molecule has 4 rings (SSSR count). The molecular formula is C20H15FN4O. The van der Waals surface area contributed by atoms with Gasteiger partial charge in [-0.05, 0) is 48.5 Å². The average molecular weight is 346 g/mol. The number of para-hydroxylation sites is 1. The van der Waals surface area contributed by atoms with Gasteiger partial charge in [-0.15, -0.1) is 0 Å². The highest BCUT2D eigenvalue weighted by Crippen LogP contribution is 2.25. The first-order chi connectivity index (χ1) is 12.6. The van der Waals surface area contributed by atoms with Gasteiger partial charge in [-0.1, -0.05) is 18.2 Å². The lowest BCUT2D eigenvalue weighted by atomic mass is 10.2. The number of rotatable bonds is 4. The largest absolute Gasteiger partial charge is 0.366 e. The molecule has 0 radical (unpaired) electrons. The van der Waals surface area contributed by atoms with Crippen LogP contribution in [0.25, 0.3) is 16.6 Å². The SMILES string of the molecule is NC(=O)c1cccc(-n2ncc3cc(Nc4ccccc4F)ccc32)c1. The van der Waals surface area contributed by atoms with Gasteiger partial charge in [0.25, 0.3) is 0 Å². The van der Waals surface area contributed by atoms with E-state index in [2.05, 4.69) is 10.4 Å². The predicted octanol–water partition coefficient (Wildman–Crippen LogP) is 4.01. The number of carbonyl (C=O) groups excluding carboxylic acids is 1. The molecule has 1 aromatic heterocycles. The van der Waals surface area contributed by atoms with Crippen LogP contribution in [-0.2, 0) is 0 Å². The molecule has 128 valence electrons. The summed E-state index contributed by atoms with van der Waals surface area (Å²) in [7, 11) is 0. The van der Waals surface area contributed by atoms with Crippen molar-refractivity contribution in [2.45, 2.75) is 0 Å². The van der Waals surface area contributed by atoms with Crippen molar-refractivity contribution in [1.29, 1.82) is 0 Å². The minimum absolute atomic E-state index is 0.313. The maximum Gasteiger partial charge on any atom is 0.248 e. The van der Waals surface area contributed by atoms with Crippen molar-refractivity contribution in [2.75, 3.05) is 5.32 Å². The normalized spacial score (nSPS) is 10.8. The van der Waals surface area contributed by atoms with Crippen LogP contribution in [0.1, 0.15) is 10.4 Å². The van der Waals surface area contributed by atoms with Gasteiger partial charge >= 0.3 is 0 Å². The molecule has 6 heteroatoms. The Balaban J connectivity index is 1.71. The minimum Gasteiger partial charge on any atom is -0.366 e. The number of hydrogen-bond donors (Lipinski definition) is 2. The maximum atomic E-state index is 13.8. The summed E-state index contributed by atoms with van der Waals surface area (Å²) in [6, 6.07) is 19.1. The zero-order valence-electron chi connectivity index (χ0n) is 13.7. The third-order valence-corrected chi connectivity index (χ3v) is 4.10. The van der Waals surface area contributed by atoms with E-state index in [1.54, 1.807) is 47.3 Å². The average Bonchev–Trinajstić information content (AvgIpc) is 3.07. The van der Waals surface area contributed by atoms with Crippen molar-refractivity contribution in [2.24, 2.45) is 5.73 Å². The number of benzene rings is 3. The van der Waals surface area contributed by atoms with Gasteiger partial charge in [0.1, 0.15) is 5.82 Å². The summed E-state index contributed by atoms with van der Waals surface area (Å²) in [6.45, 7) is 0. The van der Waals surface area contributed by atoms with Crippen molar-refractivity contribution < 1.29 is 9.18 Å². The zero-order chi connectivity index (χ0) is 18.1. The molecule has 3 aromatic carbocycles. The Kier molecular flexibility index (Phi) is 3.85. The molecule has 0 aliphatic carbocycles. The first-order valence-corrected chi connectivity index (χ1v) is 8.01. The summed E-state index contributed by atoms with van der Waals surface area (Å²) in [5.41, 5.74) is 8.54. The van der Waals surface area contributed by atoms with Crippen LogP contribution < -0.4 is 11.1 Å². The number of amides is 1. The number of fused-ring (bicyclic) bond motifs is 1. The Hall–Kier alpha value is -3.67. The molecule has 0 spiro atoms. The molecule has 0 atom stereocenters. The maximum absolute atomic E-state index is 13.8. The molecule has 0 fully saturated rings. The molecule has 0 saturated heterocycles. The highest BCUT2D eigenvalue weighted by molar-refractivity contribution is 5.93. The fourth-order valence-electron chi connectivity index (χ4n) is 2.83. The van der Waals surface area contributed by atoms with E-state index in [9.17, 15) is 9.18 Å². The summed E-state index contributed by atoms with van der Waals surface area (Å²) < 4.78 is 15.5. The van der Waals surface area contributed by atoms with Crippen LogP contribution in [0.2, 0.25) is 0 Å². The van der Waals surface area contributed by atoms with Crippen molar-refractivity contribution >= 4 is 28.2 Å². The number of anilines is 2. The lowest BCUT2D eigenvalue weighted by Crippen LogP contribution is -2.11. The van der Waals surface area contributed by atoms with E-state index in [1.165, 1.54) is 6.07 Å². The van der Waals surface area contributed by atoms with Crippen LogP contribution in [-0.4, -0.2) is 15.7 Å². The van der Waals surface area contributed by atoms with Gasteiger partial charge in [0.05, 0.1) is 23.1 Å². The number of aromatic nitrogens is 2. The fourth-order valence-corrected chi connectivity index (χ4v) is 2.83. The first kappa shape index (κ1) is 15.8. The van der Waals surface area contributed by atoms with Crippen LogP contribution in [0.4, 0.5) is 15.8 Å². The van der Waals surface area contributed by atoms with Crippen molar-refractivity contribution in [1.82, 2.24) is 9.78 Å². The number of carbonyl (C=O) groups is 1. The van der Waals surface area contributed by atoms with Crippen molar-refractivity contribution in [3.8, 4) is 5.69 Å². The molecule has 0 saturated carbocycles. The van der Waals surface area contributed by atoms with Crippen LogP contribution in [0.5, 0.6) is 0 Å². The van der Waals surface area contributed by atoms with Crippen LogP contribution in [0, 0.1) is 5.82 Å². The number of primary amides is 1. The molecule has 0 bridgehead atoms. The summed E-state index contributed by atoms with van der Waals surface area (Å²) in [4.78, 5) is 11.4. The van der Waals surface area contributed by atoms with Gasteiger partial charge in [-0.25, -0.2) is 9.07 Å². The Morgan fingerprint density at radius 1 is 1.04 bits per heavy atom. The highest BCUT2D eigenvalue weighted by atomic mass is 19.1. The first-order valence-electron chi connectivity index (χ1n) is 8.01. The van der Waals surface area contributed by atoms with Gasteiger partial charge in [0.15, 0.2) is 0 Å². The predicted molar refractivity (Wildman–Crippen MR) is 99.3 cm³/mol. The van der Waals surface area contributed by atoms with E-state index >= 15 is 0 Å². The summed E-state index contributed by atoms with van der Waals surface area (Å²) in [6.07, 6.45) is 1.72. The van der Waals surface area contributed by atoms with E-state index in [4.69, 9.17) is 5.73 Å². The van der Waals surface area contributed by atoms with Crippen LogP contribution in [0.3, 0.4) is 0 Å². The second-order valence-electron chi connectivity index (χ2n) is 5.85. The number of hydrogen-bond acceptors (Lipinski definition) is 3. The number of nitrogens with zero attached hydrogens (tertiary/aromatic N) is 2. The monoisotopic (exact) mass is 346 g/mol. The van der Waals surface area contributed by atoms with E-state index in [1.807, 2.05) is 24.3 Å². The van der Waals surface area contributed by atoms with Gasteiger partial charge in [-0.2, -0.15) is 5.10 Å². The van der Waals surface area contributed by atoms with Gasteiger partial charge in [-0.3, -0.25) is 4.79 Å². The lowest BCUT2D eigenvalue weighted by molar-refractivity contribution is 0.1000. The summed E-state index contributed by atoms with van der Waals surface area (Å²) >= 11 is 0. The van der Waals surface area contributed by atoms with Gasteiger partial charge < -0.3 is 11.1 Å². The molecule has 0 aliphatic heterocycles. The topological polar surface area (TPSA) is 72.9 Å². The van der Waals surface area contributed by atoms with Crippen molar-refractivity contribution in [3.63, 3.8) is 0 Å². The number of halogens is 1. The smallest absolute Gasteiger partial charge is 0.248 e. The molecule has 0 aliphatic rings. The quantitative estimate of drug-likeness (QED) is 0.586. The van der Waals surface area contributed by atoms with Crippen LogP contribution >= 0.6 is 0 Å². The third kappa shape index (κ3) is 2.88. The molecule has 5 nitrogen and oxygen atoms in total. The fraction of sp³-hybridized carbons (Fsp3) is 0. The lowest BCUT2D eigenvalue weighted by Gasteiger charge is -2.08. The number of nitrogens with one attached hydrogen (secondary N) is 1. The Morgan fingerprint density at radius 2 is 1.88 bits per heavy atom. The number of nitrogens with two attached hydrogens (primary N) is 1. The van der Waals surface area contributed by atoms with Gasteiger partial charge in [0.2, 0.25) is 5.91 Å². The highest BCUT2D eigenvalue weighted by Gasteiger charge is 2.09. The molecule has 1 amide bonds. The third-order valence-electron chi connectivity index (χ3n) is 4.10. The minimum atomic E-state index is -0.486. The second kappa shape index (κ2) is 6.33. The standard InChI is InChI=1S/C20H15FN4O/c21-17-6-1-2-7-18(17)24-15-8-9-19-14(10-15)12-23-25(19)16-5-3-4-13(11-16)20(22)26/h1-12,24H,(H2,22,26). The Bertz CT molecular complexity index is 1120. The van der Waals surface area contributed by atoms with E-state index in [0.29, 0.717) is 11.3 Å². The van der Waals surface area contributed by atoms with Crippen molar-refractivity contribution in [3.05, 3.63) is 84.3 Å². The molecule has 26 heavy (non-hydrogen) atoms. The Morgan fingerprint density at radius 3 is 2.69 bits per heavy atom. The van der Waals surface area contributed by atoms with E-state index in [0.717, 1.165) is 22.3 Å². The molecular weight excluding hydrogens is 331 g/mol. The Labute approximate surface area is 148 Å². The van der Waals surface area contributed by atoms with Crippen LogP contribution in [0.15, 0.2) is 72.9 Å². The second-order valence-corrected chi connectivity index (χ2v) is 5.85. The summed E-state index contributed by atoms with van der Waals surface area (Å²) in [5, 5.41) is 8.34. The van der Waals surface area contributed by atoms with E-state index < -0.39 is 5.91 Å². The molecule has 0 unspecified atom stereocenters. The molecule has 3 N–H and O–H groups in total. The molecule has 1 heterocycles. The molecule has 4 aromatic rings. The summed E-state index contributed by atoms with van der Waals surface area (Å²) in [5.74, 6) is -0.800. The van der Waals surface area contributed by atoms with Gasteiger partial charge in [0, 0.05) is 16.6 Å². The zero-order valence-corrected chi connectivity index (χ0v) is 13.7.